The van der Waals surface area contributed by atoms with Crippen molar-refractivity contribution < 1.29 is 19.2 Å². The summed E-state index contributed by atoms with van der Waals surface area (Å²) in [6.45, 7) is 0. The van der Waals surface area contributed by atoms with Gasteiger partial charge in [-0.25, -0.2) is 0 Å². The average molecular weight is 669 g/mol. The monoisotopic (exact) mass is 668 g/mol. The van der Waals surface area contributed by atoms with Crippen LogP contribution in [0.25, 0.3) is 97.3 Å². The fourth-order valence-electron chi connectivity index (χ4n) is 9.69. The molecule has 12 rings (SSSR count). The molecule has 0 N–H and O–H groups in total. The summed E-state index contributed by atoms with van der Waals surface area (Å²) < 4.78 is 0. The van der Waals surface area contributed by atoms with E-state index in [2.05, 4.69) is 60.7 Å². The lowest BCUT2D eigenvalue weighted by Crippen LogP contribution is -2.36. The highest BCUT2D eigenvalue weighted by Gasteiger charge is 2.33. The number of carbonyl (C=O) groups is 4. The van der Waals surface area contributed by atoms with Gasteiger partial charge in [-0.3, -0.25) is 29.0 Å². The van der Waals surface area contributed by atoms with Crippen LogP contribution in [0, 0.1) is 0 Å². The van der Waals surface area contributed by atoms with Crippen molar-refractivity contribution in [3.8, 4) is 11.1 Å². The molecule has 2 heterocycles. The first kappa shape index (κ1) is 27.9. The Morgan fingerprint density at radius 1 is 0.269 bits per heavy atom. The van der Waals surface area contributed by atoms with E-state index < -0.39 is 0 Å². The number of rotatable bonds is 1. The minimum absolute atomic E-state index is 0.277. The number of nitrogens with zero attached hydrogens (tertiary/aromatic N) is 2. The summed E-state index contributed by atoms with van der Waals surface area (Å²) in [4.78, 5) is 55.4. The first-order valence-electron chi connectivity index (χ1n) is 17.3. The van der Waals surface area contributed by atoms with E-state index >= 15 is 0 Å². The predicted molar refractivity (Wildman–Crippen MR) is 207 cm³/mol. The van der Waals surface area contributed by atoms with Crippen LogP contribution in [-0.2, 0) is 0 Å². The highest BCUT2D eigenvalue weighted by Crippen LogP contribution is 2.49. The normalized spacial score (nSPS) is 14.8. The van der Waals surface area contributed by atoms with Gasteiger partial charge in [0.25, 0.3) is 23.6 Å². The summed E-state index contributed by atoms with van der Waals surface area (Å²) in [5.41, 5.74) is 4.45. The summed E-state index contributed by atoms with van der Waals surface area (Å²) in [5, 5.41) is 16.3. The summed E-state index contributed by atoms with van der Waals surface area (Å²) in [7, 11) is 3.08. The Kier molecular flexibility index (Phi) is 4.85. The maximum atomic E-state index is 13.2. The van der Waals surface area contributed by atoms with Crippen molar-refractivity contribution in [2.75, 3.05) is 14.1 Å². The Morgan fingerprint density at radius 3 is 0.846 bits per heavy atom. The second-order valence-corrected chi connectivity index (χ2v) is 14.3. The maximum Gasteiger partial charge on any atom is 0.261 e. The number of hydrogen-bond acceptors (Lipinski definition) is 4. The number of benzene rings is 10. The number of fused-ring (bicyclic) bond motifs is 4. The molecule has 0 radical (unpaired) electrons. The minimum Gasteiger partial charge on any atom is -0.277 e. The third-order valence-electron chi connectivity index (χ3n) is 12.0. The molecule has 0 unspecified atom stereocenters. The van der Waals surface area contributed by atoms with Crippen molar-refractivity contribution in [1.29, 1.82) is 0 Å². The Labute approximate surface area is 294 Å². The molecule has 4 amide bonds. The van der Waals surface area contributed by atoms with Crippen LogP contribution in [0.4, 0.5) is 0 Å². The zero-order valence-corrected chi connectivity index (χ0v) is 27.9. The second-order valence-electron chi connectivity index (χ2n) is 14.3. The van der Waals surface area contributed by atoms with Gasteiger partial charge in [0, 0.05) is 47.1 Å². The van der Waals surface area contributed by atoms with Gasteiger partial charge in [0.1, 0.15) is 0 Å². The smallest absolute Gasteiger partial charge is 0.261 e. The maximum absolute atomic E-state index is 13.2. The van der Waals surface area contributed by atoms with Crippen LogP contribution in [0.15, 0.2) is 109 Å². The topological polar surface area (TPSA) is 74.8 Å². The van der Waals surface area contributed by atoms with Crippen LogP contribution >= 0.6 is 0 Å². The third kappa shape index (κ3) is 3.01. The Bertz CT molecular complexity index is 3050. The number of hydrogen-bond donors (Lipinski definition) is 0. The molecular formula is C46H24N2O4. The molecule has 0 aliphatic carbocycles. The van der Waals surface area contributed by atoms with Crippen LogP contribution in [0.1, 0.15) is 41.4 Å². The van der Waals surface area contributed by atoms with E-state index in [9.17, 15) is 19.2 Å². The van der Waals surface area contributed by atoms with E-state index in [1.807, 2.05) is 48.5 Å². The summed E-state index contributed by atoms with van der Waals surface area (Å²) in [6, 6.07) is 37.2. The zero-order chi connectivity index (χ0) is 34.9. The molecule has 0 fully saturated rings. The van der Waals surface area contributed by atoms with E-state index in [1.54, 1.807) is 14.1 Å². The fourth-order valence-corrected chi connectivity index (χ4v) is 9.69. The van der Waals surface area contributed by atoms with Crippen LogP contribution < -0.4 is 0 Å². The second kappa shape index (κ2) is 9.05. The average Bonchev–Trinajstić information content (AvgIpc) is 3.18. The van der Waals surface area contributed by atoms with E-state index in [0.29, 0.717) is 22.3 Å². The van der Waals surface area contributed by atoms with Crippen molar-refractivity contribution in [2.45, 2.75) is 0 Å². The molecule has 242 valence electrons. The number of imide groups is 2. The van der Waals surface area contributed by atoms with Gasteiger partial charge in [0.2, 0.25) is 0 Å². The van der Waals surface area contributed by atoms with Gasteiger partial charge in [-0.1, -0.05) is 84.9 Å². The van der Waals surface area contributed by atoms with Gasteiger partial charge < -0.3 is 0 Å². The van der Waals surface area contributed by atoms with Gasteiger partial charge in [0.05, 0.1) is 0 Å². The molecule has 10 aromatic carbocycles. The SMILES string of the molecule is CN1C(=O)c2ccc3c4cccc5c(-c6ccc7c8ccc9c%10c(ccc(c%11cccc6c%117)c%108)C(=O)N(C)C9=O)ccc(c6ccc(c2c36)C1=O)c54. The van der Waals surface area contributed by atoms with Crippen molar-refractivity contribution in [3.63, 3.8) is 0 Å². The summed E-state index contributed by atoms with van der Waals surface area (Å²) in [6.07, 6.45) is 0. The zero-order valence-electron chi connectivity index (χ0n) is 27.9. The molecule has 6 heteroatoms. The van der Waals surface area contributed by atoms with E-state index in [1.165, 1.54) is 9.80 Å². The van der Waals surface area contributed by atoms with Crippen molar-refractivity contribution in [2.24, 2.45) is 0 Å². The Morgan fingerprint density at radius 2 is 0.519 bits per heavy atom. The molecule has 0 saturated carbocycles. The minimum atomic E-state index is -0.277. The summed E-state index contributed by atoms with van der Waals surface area (Å²) in [5.74, 6) is -1.11. The Balaban J connectivity index is 1.17. The standard InChI is InChI=1S/C46H24N2O4/c1-47-43(49)33-17-13-29-25-7-3-5-23-21(9-11-27(37(23)25)31-15-19-35(45(47)51)41(33)39(29)31)22-10-12-28-32-16-20-36-42-34(44(50)48(2)46(36)52)18-14-30(40(32)42)26-8-4-6-24(22)38(26)28/h3-20H,1-2H3. The van der Waals surface area contributed by atoms with Crippen LogP contribution in [0.5, 0.6) is 0 Å². The molecule has 2 aliphatic rings. The largest absolute Gasteiger partial charge is 0.277 e. The summed E-state index contributed by atoms with van der Waals surface area (Å²) >= 11 is 0. The van der Waals surface area contributed by atoms with Gasteiger partial charge >= 0.3 is 0 Å². The van der Waals surface area contributed by atoms with Crippen LogP contribution in [-0.4, -0.2) is 47.5 Å². The molecule has 52 heavy (non-hydrogen) atoms. The molecule has 0 bridgehead atoms. The van der Waals surface area contributed by atoms with E-state index in [4.69, 9.17) is 0 Å². The highest BCUT2D eigenvalue weighted by atomic mass is 16.2. The lowest BCUT2D eigenvalue weighted by atomic mass is 9.82. The number of carbonyl (C=O) groups excluding carboxylic acids is 4. The predicted octanol–water partition coefficient (Wildman–Crippen LogP) is 9.91. The molecule has 0 spiro atoms. The molecule has 0 aromatic heterocycles. The molecule has 10 aromatic rings. The van der Waals surface area contributed by atoms with Crippen molar-refractivity contribution >= 4 is 110 Å². The van der Waals surface area contributed by atoms with Crippen molar-refractivity contribution in [3.05, 3.63) is 131 Å². The highest BCUT2D eigenvalue weighted by molar-refractivity contribution is 6.41. The van der Waals surface area contributed by atoms with E-state index in [-0.39, 0.29) is 23.6 Å². The van der Waals surface area contributed by atoms with Crippen molar-refractivity contribution in [1.82, 2.24) is 9.80 Å². The molecular weight excluding hydrogens is 645 g/mol. The van der Waals surface area contributed by atoms with Crippen LogP contribution in [0.2, 0.25) is 0 Å². The first-order valence-corrected chi connectivity index (χ1v) is 17.3. The lowest BCUT2D eigenvalue weighted by molar-refractivity contribution is 0.0635. The lowest BCUT2D eigenvalue weighted by Gasteiger charge is -2.26. The quantitative estimate of drug-likeness (QED) is 0.0992. The first-order chi connectivity index (χ1) is 25.3. The van der Waals surface area contributed by atoms with Gasteiger partial charge in [-0.05, 0) is 111 Å². The van der Waals surface area contributed by atoms with Gasteiger partial charge in [-0.2, -0.15) is 0 Å². The third-order valence-corrected chi connectivity index (χ3v) is 12.0. The number of amides is 4. The Hall–Kier alpha value is -6.92. The van der Waals surface area contributed by atoms with E-state index in [0.717, 1.165) is 97.3 Å². The molecule has 2 aliphatic heterocycles. The molecule has 6 nitrogen and oxygen atoms in total. The molecule has 0 saturated heterocycles. The molecule has 0 atom stereocenters. The van der Waals surface area contributed by atoms with Crippen LogP contribution in [0.3, 0.4) is 0 Å². The fraction of sp³-hybridized carbons (Fsp3) is 0.0435. The van der Waals surface area contributed by atoms with Gasteiger partial charge in [0.15, 0.2) is 0 Å². The van der Waals surface area contributed by atoms with Gasteiger partial charge in [-0.15, -0.1) is 0 Å².